The van der Waals surface area contributed by atoms with Crippen LogP contribution >= 0.6 is 0 Å². The minimum Gasteiger partial charge on any atom is -0.350 e. The average molecular weight is 357 g/mol. The van der Waals surface area contributed by atoms with Crippen LogP contribution in [0.5, 0.6) is 0 Å². The largest absolute Gasteiger partial charge is 0.350 e. The van der Waals surface area contributed by atoms with Gasteiger partial charge in [0, 0.05) is 32.1 Å². The van der Waals surface area contributed by atoms with Crippen LogP contribution in [0.25, 0.3) is 0 Å². The quantitative estimate of drug-likeness (QED) is 0.760. The number of carbonyl (C=O) groups excluding carboxylic acids is 2. The zero-order valence-electron chi connectivity index (χ0n) is 14.2. The van der Waals surface area contributed by atoms with Gasteiger partial charge in [-0.3, -0.25) is 9.59 Å². The highest BCUT2D eigenvalue weighted by Crippen LogP contribution is 2.41. The van der Waals surface area contributed by atoms with Gasteiger partial charge in [-0.1, -0.05) is 6.42 Å². The zero-order valence-corrected chi connectivity index (χ0v) is 15.1. The SMILES string of the molecule is CS(=O)(=O)N1C[C@@H](NC(=O)CN2CCCCCC2=O)[C@H](C2CC2)C1. The van der Waals surface area contributed by atoms with Crippen molar-refractivity contribution in [3.8, 4) is 0 Å². The van der Waals surface area contributed by atoms with Crippen molar-refractivity contribution < 1.29 is 18.0 Å². The maximum atomic E-state index is 12.4. The van der Waals surface area contributed by atoms with Crippen LogP contribution in [0.1, 0.15) is 38.5 Å². The van der Waals surface area contributed by atoms with Crippen LogP contribution in [0.15, 0.2) is 0 Å². The van der Waals surface area contributed by atoms with E-state index < -0.39 is 10.0 Å². The summed E-state index contributed by atoms with van der Waals surface area (Å²) in [6.07, 6.45) is 6.82. The fraction of sp³-hybridized carbons (Fsp3) is 0.875. The van der Waals surface area contributed by atoms with Gasteiger partial charge in [-0.25, -0.2) is 8.42 Å². The molecule has 136 valence electrons. The lowest BCUT2D eigenvalue weighted by Crippen LogP contribution is -2.47. The summed E-state index contributed by atoms with van der Waals surface area (Å²) >= 11 is 0. The predicted octanol–water partition coefficient (Wildman–Crippen LogP) is 0.175. The number of nitrogens with zero attached hydrogens (tertiary/aromatic N) is 2. The van der Waals surface area contributed by atoms with E-state index in [1.807, 2.05) is 0 Å². The van der Waals surface area contributed by atoms with E-state index in [9.17, 15) is 18.0 Å². The molecular weight excluding hydrogens is 330 g/mol. The van der Waals surface area contributed by atoms with E-state index in [1.54, 1.807) is 4.90 Å². The standard InChI is InChI=1S/C16H27N3O4S/c1-24(22,23)19-9-13(12-6-7-12)14(10-19)17-15(20)11-18-8-4-2-3-5-16(18)21/h12-14H,2-11H2,1H3,(H,17,20)/t13-,14+/m0/s1. The second kappa shape index (κ2) is 7.00. The lowest BCUT2D eigenvalue weighted by molar-refractivity contribution is -0.135. The third-order valence-corrected chi connectivity index (χ3v) is 6.62. The number of sulfonamides is 1. The summed E-state index contributed by atoms with van der Waals surface area (Å²) < 4.78 is 25.1. The van der Waals surface area contributed by atoms with Crippen molar-refractivity contribution in [3.63, 3.8) is 0 Å². The molecule has 1 saturated carbocycles. The van der Waals surface area contributed by atoms with E-state index >= 15 is 0 Å². The van der Waals surface area contributed by atoms with Gasteiger partial charge in [0.15, 0.2) is 0 Å². The van der Waals surface area contributed by atoms with Gasteiger partial charge < -0.3 is 10.2 Å². The summed E-state index contributed by atoms with van der Waals surface area (Å²) in [6, 6.07) is -0.137. The molecule has 1 N–H and O–H groups in total. The zero-order chi connectivity index (χ0) is 17.3. The van der Waals surface area contributed by atoms with E-state index in [0.29, 0.717) is 32.0 Å². The van der Waals surface area contributed by atoms with Gasteiger partial charge in [0.05, 0.1) is 12.8 Å². The lowest BCUT2D eigenvalue weighted by Gasteiger charge is -2.23. The second-order valence-electron chi connectivity index (χ2n) is 7.38. The van der Waals surface area contributed by atoms with Gasteiger partial charge >= 0.3 is 0 Å². The van der Waals surface area contributed by atoms with Crippen molar-refractivity contribution in [1.82, 2.24) is 14.5 Å². The predicted molar refractivity (Wildman–Crippen MR) is 89.6 cm³/mol. The summed E-state index contributed by atoms with van der Waals surface area (Å²) in [7, 11) is -3.23. The Kier molecular flexibility index (Phi) is 5.15. The van der Waals surface area contributed by atoms with Gasteiger partial charge in [-0.2, -0.15) is 4.31 Å². The summed E-state index contributed by atoms with van der Waals surface area (Å²) in [5, 5.41) is 3.00. The molecule has 0 radical (unpaired) electrons. The maximum absolute atomic E-state index is 12.4. The van der Waals surface area contributed by atoms with Gasteiger partial charge in [0.25, 0.3) is 0 Å². The smallest absolute Gasteiger partial charge is 0.239 e. The number of rotatable bonds is 5. The van der Waals surface area contributed by atoms with Crippen molar-refractivity contribution in [2.24, 2.45) is 11.8 Å². The number of likely N-dealkylation sites (tertiary alicyclic amines) is 1. The molecule has 0 unspecified atom stereocenters. The molecule has 7 nitrogen and oxygen atoms in total. The molecule has 2 atom stereocenters. The summed E-state index contributed by atoms with van der Waals surface area (Å²) in [4.78, 5) is 26.0. The lowest BCUT2D eigenvalue weighted by atomic mass is 9.98. The number of hydrogen-bond donors (Lipinski definition) is 1. The van der Waals surface area contributed by atoms with Gasteiger partial charge in [0.1, 0.15) is 0 Å². The first-order valence-electron chi connectivity index (χ1n) is 8.87. The third kappa shape index (κ3) is 4.27. The molecule has 0 aromatic heterocycles. The Morgan fingerprint density at radius 3 is 2.62 bits per heavy atom. The number of carbonyl (C=O) groups is 2. The summed E-state index contributed by atoms with van der Waals surface area (Å²) in [5.41, 5.74) is 0. The molecular formula is C16H27N3O4S. The topological polar surface area (TPSA) is 86.8 Å². The molecule has 3 fully saturated rings. The molecule has 3 aliphatic rings. The minimum atomic E-state index is -3.23. The van der Waals surface area contributed by atoms with E-state index in [0.717, 1.165) is 32.1 Å². The second-order valence-corrected chi connectivity index (χ2v) is 9.36. The highest BCUT2D eigenvalue weighted by Gasteiger charge is 2.45. The van der Waals surface area contributed by atoms with Crippen LogP contribution in [-0.2, 0) is 19.6 Å². The Morgan fingerprint density at radius 1 is 1.21 bits per heavy atom. The number of hydrogen-bond acceptors (Lipinski definition) is 4. The fourth-order valence-electron chi connectivity index (χ4n) is 3.85. The fourth-order valence-corrected chi connectivity index (χ4v) is 4.72. The van der Waals surface area contributed by atoms with Crippen molar-refractivity contribution in [2.75, 3.05) is 32.4 Å². The third-order valence-electron chi connectivity index (χ3n) is 5.38. The summed E-state index contributed by atoms with van der Waals surface area (Å²) in [5.74, 6) is 0.590. The van der Waals surface area contributed by atoms with E-state index in [-0.39, 0.29) is 30.3 Å². The molecule has 0 bridgehead atoms. The minimum absolute atomic E-state index is 0.0468. The van der Waals surface area contributed by atoms with Crippen LogP contribution in [0.3, 0.4) is 0 Å². The van der Waals surface area contributed by atoms with Gasteiger partial charge in [-0.15, -0.1) is 0 Å². The van der Waals surface area contributed by atoms with Crippen LogP contribution in [-0.4, -0.2) is 67.9 Å². The Bertz CT molecular complexity index is 602. The molecule has 2 saturated heterocycles. The Labute approximate surface area is 143 Å². The van der Waals surface area contributed by atoms with Crippen molar-refractivity contribution in [1.29, 1.82) is 0 Å². The molecule has 0 aromatic carbocycles. The average Bonchev–Trinajstić information content (AvgIpc) is 3.27. The first-order chi connectivity index (χ1) is 11.3. The first-order valence-corrected chi connectivity index (χ1v) is 10.7. The van der Waals surface area contributed by atoms with Gasteiger partial charge in [-0.05, 0) is 37.5 Å². The molecule has 24 heavy (non-hydrogen) atoms. The van der Waals surface area contributed by atoms with E-state index in [1.165, 1.54) is 10.6 Å². The highest BCUT2D eigenvalue weighted by atomic mass is 32.2. The molecule has 0 spiro atoms. The van der Waals surface area contributed by atoms with Crippen molar-refractivity contribution in [2.45, 2.75) is 44.6 Å². The monoisotopic (exact) mass is 357 g/mol. The molecule has 3 rings (SSSR count). The molecule has 2 aliphatic heterocycles. The van der Waals surface area contributed by atoms with E-state index in [4.69, 9.17) is 0 Å². The normalized spacial score (nSPS) is 29.5. The van der Waals surface area contributed by atoms with Crippen LogP contribution in [0.4, 0.5) is 0 Å². The Balaban J connectivity index is 1.59. The Hall–Kier alpha value is -1.15. The molecule has 0 aromatic rings. The van der Waals surface area contributed by atoms with Crippen molar-refractivity contribution >= 4 is 21.8 Å². The number of nitrogens with one attached hydrogen (secondary N) is 1. The molecule has 2 amide bonds. The highest BCUT2D eigenvalue weighted by molar-refractivity contribution is 7.88. The van der Waals surface area contributed by atoms with Crippen molar-refractivity contribution in [3.05, 3.63) is 0 Å². The Morgan fingerprint density at radius 2 is 1.96 bits per heavy atom. The van der Waals surface area contributed by atoms with E-state index in [2.05, 4.69) is 5.32 Å². The maximum Gasteiger partial charge on any atom is 0.239 e. The van der Waals surface area contributed by atoms with Crippen LogP contribution < -0.4 is 5.32 Å². The molecule has 8 heteroatoms. The first kappa shape index (κ1) is 17.7. The van der Waals surface area contributed by atoms with Crippen LogP contribution in [0, 0.1) is 11.8 Å². The number of amides is 2. The van der Waals surface area contributed by atoms with Crippen LogP contribution in [0.2, 0.25) is 0 Å². The molecule has 2 heterocycles. The summed E-state index contributed by atoms with van der Waals surface area (Å²) in [6.45, 7) is 1.57. The van der Waals surface area contributed by atoms with Gasteiger partial charge in [0.2, 0.25) is 21.8 Å². The molecule has 1 aliphatic carbocycles.